The number of nitriles is 1. The monoisotopic (exact) mass is 345 g/mol. The SMILES string of the molecule is CCC(C#N)Oc1cccc(CNc2ncccc2S(C)(=O)=O)c1. The second kappa shape index (κ2) is 7.79. The first-order chi connectivity index (χ1) is 11.4. The summed E-state index contributed by atoms with van der Waals surface area (Å²) in [7, 11) is -3.35. The number of nitrogens with one attached hydrogen (secondary N) is 1. The number of sulfone groups is 1. The fourth-order valence-electron chi connectivity index (χ4n) is 2.10. The minimum atomic E-state index is -3.35. The first-order valence-electron chi connectivity index (χ1n) is 7.48. The highest BCUT2D eigenvalue weighted by Gasteiger charge is 2.13. The van der Waals surface area contributed by atoms with E-state index in [9.17, 15) is 8.42 Å². The molecule has 0 fully saturated rings. The van der Waals surface area contributed by atoms with Crippen molar-refractivity contribution >= 4 is 15.7 Å². The molecule has 1 unspecified atom stereocenters. The molecular weight excluding hydrogens is 326 g/mol. The maximum Gasteiger partial charge on any atom is 0.184 e. The van der Waals surface area contributed by atoms with Crippen LogP contribution in [0.15, 0.2) is 47.5 Å². The van der Waals surface area contributed by atoms with Crippen LogP contribution in [-0.2, 0) is 16.4 Å². The van der Waals surface area contributed by atoms with Gasteiger partial charge in [0.25, 0.3) is 0 Å². The van der Waals surface area contributed by atoms with Gasteiger partial charge in [0.2, 0.25) is 0 Å². The number of ether oxygens (including phenoxy) is 1. The van der Waals surface area contributed by atoms with Gasteiger partial charge in [-0.05, 0) is 36.2 Å². The largest absolute Gasteiger partial charge is 0.476 e. The van der Waals surface area contributed by atoms with Crippen LogP contribution in [0.1, 0.15) is 18.9 Å². The van der Waals surface area contributed by atoms with Gasteiger partial charge in [-0.2, -0.15) is 5.26 Å². The molecular formula is C17H19N3O3S. The van der Waals surface area contributed by atoms with Crippen molar-refractivity contribution in [3.05, 3.63) is 48.2 Å². The lowest BCUT2D eigenvalue weighted by molar-refractivity contribution is 0.251. The summed E-state index contributed by atoms with van der Waals surface area (Å²) in [6.07, 6.45) is 2.80. The van der Waals surface area contributed by atoms with E-state index in [4.69, 9.17) is 10.00 Å². The van der Waals surface area contributed by atoms with Gasteiger partial charge < -0.3 is 10.1 Å². The Morgan fingerprint density at radius 3 is 2.79 bits per heavy atom. The smallest absolute Gasteiger partial charge is 0.184 e. The Bertz CT molecular complexity index is 844. The van der Waals surface area contributed by atoms with E-state index in [1.807, 2.05) is 25.1 Å². The number of pyridine rings is 1. The van der Waals surface area contributed by atoms with Gasteiger partial charge in [0.15, 0.2) is 15.9 Å². The summed E-state index contributed by atoms with van der Waals surface area (Å²) < 4.78 is 29.1. The Hall–Kier alpha value is -2.59. The summed E-state index contributed by atoms with van der Waals surface area (Å²) in [6, 6.07) is 12.5. The van der Waals surface area contributed by atoms with Crippen LogP contribution in [0.2, 0.25) is 0 Å². The molecule has 24 heavy (non-hydrogen) atoms. The van der Waals surface area contributed by atoms with Crippen LogP contribution in [-0.4, -0.2) is 25.8 Å². The van der Waals surface area contributed by atoms with Crippen molar-refractivity contribution in [3.8, 4) is 11.8 Å². The zero-order valence-electron chi connectivity index (χ0n) is 13.6. The topological polar surface area (TPSA) is 92.1 Å². The molecule has 1 heterocycles. The van der Waals surface area contributed by atoms with Crippen LogP contribution in [0.5, 0.6) is 5.75 Å². The average molecular weight is 345 g/mol. The quantitative estimate of drug-likeness (QED) is 0.829. The number of nitrogens with zero attached hydrogens (tertiary/aromatic N) is 2. The zero-order chi connectivity index (χ0) is 17.6. The number of benzene rings is 1. The van der Waals surface area contributed by atoms with Gasteiger partial charge in [0, 0.05) is 19.0 Å². The van der Waals surface area contributed by atoms with E-state index in [2.05, 4.69) is 16.4 Å². The Balaban J connectivity index is 2.13. The molecule has 0 saturated carbocycles. The van der Waals surface area contributed by atoms with Crippen LogP contribution in [0.3, 0.4) is 0 Å². The molecule has 2 rings (SSSR count). The predicted octanol–water partition coefficient (Wildman–Crippen LogP) is 2.78. The zero-order valence-corrected chi connectivity index (χ0v) is 14.4. The molecule has 6 nitrogen and oxygen atoms in total. The van der Waals surface area contributed by atoms with Crippen LogP contribution in [0.25, 0.3) is 0 Å². The van der Waals surface area contributed by atoms with E-state index in [1.165, 1.54) is 12.3 Å². The van der Waals surface area contributed by atoms with Crippen molar-refractivity contribution in [3.63, 3.8) is 0 Å². The van der Waals surface area contributed by atoms with Gasteiger partial charge in [-0.15, -0.1) is 0 Å². The van der Waals surface area contributed by atoms with Crippen molar-refractivity contribution in [2.75, 3.05) is 11.6 Å². The van der Waals surface area contributed by atoms with E-state index in [-0.39, 0.29) is 4.90 Å². The molecule has 7 heteroatoms. The molecule has 1 atom stereocenters. The molecule has 0 bridgehead atoms. The van der Waals surface area contributed by atoms with Crippen LogP contribution in [0.4, 0.5) is 5.82 Å². The molecule has 0 aliphatic rings. The molecule has 0 saturated heterocycles. The lowest BCUT2D eigenvalue weighted by Crippen LogP contribution is -2.12. The van der Waals surface area contributed by atoms with Gasteiger partial charge in [-0.3, -0.25) is 0 Å². The highest BCUT2D eigenvalue weighted by Crippen LogP contribution is 2.20. The fourth-order valence-corrected chi connectivity index (χ4v) is 2.90. The minimum Gasteiger partial charge on any atom is -0.476 e. The second-order valence-corrected chi connectivity index (χ2v) is 7.25. The summed E-state index contributed by atoms with van der Waals surface area (Å²) in [5.74, 6) is 0.918. The first kappa shape index (κ1) is 17.8. The van der Waals surface area contributed by atoms with Crippen molar-refractivity contribution in [2.45, 2.75) is 30.9 Å². The van der Waals surface area contributed by atoms with E-state index in [0.717, 1.165) is 11.8 Å². The highest BCUT2D eigenvalue weighted by atomic mass is 32.2. The summed E-state index contributed by atoms with van der Waals surface area (Å²) in [6.45, 7) is 2.27. The van der Waals surface area contributed by atoms with E-state index in [0.29, 0.717) is 24.5 Å². The molecule has 126 valence electrons. The van der Waals surface area contributed by atoms with E-state index >= 15 is 0 Å². The molecule has 1 aromatic carbocycles. The lowest BCUT2D eigenvalue weighted by Gasteiger charge is -2.13. The van der Waals surface area contributed by atoms with Crippen molar-refractivity contribution < 1.29 is 13.2 Å². The molecule has 0 aliphatic carbocycles. The summed E-state index contributed by atoms with van der Waals surface area (Å²) in [5.41, 5.74) is 0.894. The third-order valence-electron chi connectivity index (χ3n) is 3.32. The predicted molar refractivity (Wildman–Crippen MR) is 91.4 cm³/mol. The fraction of sp³-hybridized carbons (Fsp3) is 0.294. The third kappa shape index (κ3) is 4.70. The number of rotatable bonds is 7. The van der Waals surface area contributed by atoms with E-state index in [1.54, 1.807) is 12.1 Å². The first-order valence-corrected chi connectivity index (χ1v) is 9.37. The van der Waals surface area contributed by atoms with Gasteiger partial charge in [-0.25, -0.2) is 13.4 Å². The Labute approximate surface area is 142 Å². The van der Waals surface area contributed by atoms with Crippen molar-refractivity contribution in [2.24, 2.45) is 0 Å². The van der Waals surface area contributed by atoms with Crippen LogP contribution < -0.4 is 10.1 Å². The van der Waals surface area contributed by atoms with Crippen LogP contribution in [0, 0.1) is 11.3 Å². The number of aromatic nitrogens is 1. The Morgan fingerprint density at radius 1 is 1.33 bits per heavy atom. The molecule has 0 aliphatic heterocycles. The van der Waals surface area contributed by atoms with Crippen molar-refractivity contribution in [1.29, 1.82) is 5.26 Å². The summed E-state index contributed by atoms with van der Waals surface area (Å²) >= 11 is 0. The third-order valence-corrected chi connectivity index (χ3v) is 4.45. The molecule has 1 aromatic heterocycles. The summed E-state index contributed by atoms with van der Waals surface area (Å²) in [4.78, 5) is 4.25. The number of hydrogen-bond donors (Lipinski definition) is 1. The maximum atomic E-state index is 11.8. The highest BCUT2D eigenvalue weighted by molar-refractivity contribution is 7.90. The molecule has 0 spiro atoms. The normalized spacial score (nSPS) is 12.2. The lowest BCUT2D eigenvalue weighted by atomic mass is 10.2. The van der Waals surface area contributed by atoms with Gasteiger partial charge in [0.05, 0.1) is 0 Å². The van der Waals surface area contributed by atoms with Gasteiger partial charge in [-0.1, -0.05) is 19.1 Å². The molecule has 0 amide bonds. The second-order valence-electron chi connectivity index (χ2n) is 5.27. The molecule has 2 aromatic rings. The van der Waals surface area contributed by atoms with Crippen LogP contribution >= 0.6 is 0 Å². The maximum absolute atomic E-state index is 11.8. The molecule has 0 radical (unpaired) electrons. The number of hydrogen-bond acceptors (Lipinski definition) is 6. The molecule has 1 N–H and O–H groups in total. The van der Waals surface area contributed by atoms with Gasteiger partial charge in [0.1, 0.15) is 22.5 Å². The summed E-state index contributed by atoms with van der Waals surface area (Å²) in [5, 5.41) is 12.0. The van der Waals surface area contributed by atoms with Gasteiger partial charge >= 0.3 is 0 Å². The van der Waals surface area contributed by atoms with E-state index < -0.39 is 15.9 Å². The standard InChI is InChI=1S/C17H19N3O3S/c1-3-14(11-18)23-15-7-4-6-13(10-15)12-20-17-16(24(2,21)22)8-5-9-19-17/h4-10,14H,3,12H2,1-2H3,(H,19,20). The average Bonchev–Trinajstić information content (AvgIpc) is 2.57. The Morgan fingerprint density at radius 2 is 2.12 bits per heavy atom. The van der Waals surface area contributed by atoms with Crippen molar-refractivity contribution in [1.82, 2.24) is 4.98 Å². The minimum absolute atomic E-state index is 0.160. The number of anilines is 1. The Kier molecular flexibility index (Phi) is 5.77.